The SMILES string of the molecule is Cc1cccc2c1N(C(=O)C1CC(=O)N(c3ccc(F)c([N+](=O)[O-])c3)C1)CCC2. The maximum Gasteiger partial charge on any atom is 0.306 e. The summed E-state index contributed by atoms with van der Waals surface area (Å²) in [7, 11) is 0. The summed E-state index contributed by atoms with van der Waals surface area (Å²) >= 11 is 0. The van der Waals surface area contributed by atoms with Gasteiger partial charge in [0.05, 0.1) is 16.5 Å². The molecule has 0 saturated carbocycles. The van der Waals surface area contributed by atoms with Crippen LogP contribution in [0.3, 0.4) is 0 Å². The number of nitro benzene ring substituents is 1. The Morgan fingerprint density at radius 1 is 1.28 bits per heavy atom. The van der Waals surface area contributed by atoms with Crippen LogP contribution in [0.25, 0.3) is 0 Å². The number of carbonyl (C=O) groups is 2. The molecule has 0 aromatic heterocycles. The van der Waals surface area contributed by atoms with E-state index in [1.54, 1.807) is 4.90 Å². The zero-order valence-electron chi connectivity index (χ0n) is 15.9. The van der Waals surface area contributed by atoms with Crippen LogP contribution in [-0.4, -0.2) is 29.8 Å². The molecule has 2 aromatic rings. The van der Waals surface area contributed by atoms with Crippen LogP contribution in [-0.2, 0) is 16.0 Å². The number of hydrogen-bond donors (Lipinski definition) is 0. The van der Waals surface area contributed by atoms with Crippen molar-refractivity contribution in [1.29, 1.82) is 0 Å². The minimum Gasteiger partial charge on any atom is -0.312 e. The summed E-state index contributed by atoms with van der Waals surface area (Å²) in [6.45, 7) is 2.69. The van der Waals surface area contributed by atoms with Gasteiger partial charge in [-0.2, -0.15) is 4.39 Å². The van der Waals surface area contributed by atoms with E-state index in [1.165, 1.54) is 11.0 Å². The van der Waals surface area contributed by atoms with Gasteiger partial charge in [0.15, 0.2) is 0 Å². The van der Waals surface area contributed by atoms with Gasteiger partial charge >= 0.3 is 5.69 Å². The van der Waals surface area contributed by atoms with Gasteiger partial charge in [0, 0.05) is 31.3 Å². The lowest BCUT2D eigenvalue weighted by molar-refractivity contribution is -0.387. The van der Waals surface area contributed by atoms with Crippen molar-refractivity contribution >= 4 is 28.9 Å². The Morgan fingerprint density at radius 2 is 2.07 bits per heavy atom. The van der Waals surface area contributed by atoms with Gasteiger partial charge in [0.2, 0.25) is 17.6 Å². The van der Waals surface area contributed by atoms with Gasteiger partial charge in [-0.15, -0.1) is 0 Å². The van der Waals surface area contributed by atoms with Crippen LogP contribution in [0.1, 0.15) is 24.0 Å². The third kappa shape index (κ3) is 3.35. The van der Waals surface area contributed by atoms with Gasteiger partial charge in [0.1, 0.15) is 0 Å². The van der Waals surface area contributed by atoms with Crippen LogP contribution in [0.15, 0.2) is 36.4 Å². The lowest BCUT2D eigenvalue weighted by Crippen LogP contribution is -2.41. The van der Waals surface area contributed by atoms with E-state index in [0.29, 0.717) is 6.54 Å². The Labute approximate surface area is 166 Å². The van der Waals surface area contributed by atoms with Crippen molar-refractivity contribution in [3.63, 3.8) is 0 Å². The highest BCUT2D eigenvalue weighted by atomic mass is 19.1. The number of halogens is 1. The predicted molar refractivity (Wildman–Crippen MR) is 105 cm³/mol. The molecule has 1 fully saturated rings. The third-order valence-electron chi connectivity index (χ3n) is 5.60. The lowest BCUT2D eigenvalue weighted by Gasteiger charge is -2.32. The van der Waals surface area contributed by atoms with Crippen LogP contribution in [0.5, 0.6) is 0 Å². The maximum absolute atomic E-state index is 13.6. The molecule has 29 heavy (non-hydrogen) atoms. The number of anilines is 2. The largest absolute Gasteiger partial charge is 0.312 e. The summed E-state index contributed by atoms with van der Waals surface area (Å²) in [5, 5.41) is 11.0. The Bertz CT molecular complexity index is 1020. The van der Waals surface area contributed by atoms with Crippen molar-refractivity contribution in [2.75, 3.05) is 22.9 Å². The first-order chi connectivity index (χ1) is 13.9. The van der Waals surface area contributed by atoms with Crippen LogP contribution < -0.4 is 9.80 Å². The molecule has 1 saturated heterocycles. The molecule has 0 spiro atoms. The van der Waals surface area contributed by atoms with E-state index in [1.807, 2.05) is 25.1 Å². The molecule has 150 valence electrons. The smallest absolute Gasteiger partial charge is 0.306 e. The third-order valence-corrected chi connectivity index (χ3v) is 5.60. The molecule has 2 aliphatic heterocycles. The minimum atomic E-state index is -0.960. The van der Waals surface area contributed by atoms with Gasteiger partial charge in [-0.05, 0) is 43.0 Å². The zero-order chi connectivity index (χ0) is 20.7. The molecule has 2 aromatic carbocycles. The highest BCUT2D eigenvalue weighted by Gasteiger charge is 2.39. The molecule has 2 aliphatic rings. The van der Waals surface area contributed by atoms with Crippen molar-refractivity contribution in [2.24, 2.45) is 5.92 Å². The van der Waals surface area contributed by atoms with Gasteiger partial charge in [-0.3, -0.25) is 19.7 Å². The molecule has 8 heteroatoms. The number of fused-ring (bicyclic) bond motifs is 1. The highest BCUT2D eigenvalue weighted by molar-refractivity contribution is 6.05. The topological polar surface area (TPSA) is 83.8 Å². The standard InChI is InChI=1S/C21H20FN3O4/c1-13-4-2-5-14-6-3-9-23(20(13)14)21(27)15-10-19(26)24(12-15)16-7-8-17(22)18(11-16)25(28)29/h2,4-5,7-8,11,15H,3,6,9-10,12H2,1H3. The van der Waals surface area contributed by atoms with Crippen molar-refractivity contribution in [3.8, 4) is 0 Å². The van der Waals surface area contributed by atoms with E-state index in [-0.39, 0.29) is 30.5 Å². The fraction of sp³-hybridized carbons (Fsp3) is 0.333. The first-order valence-corrected chi connectivity index (χ1v) is 9.51. The summed E-state index contributed by atoms with van der Waals surface area (Å²) in [6, 6.07) is 9.30. The fourth-order valence-electron chi connectivity index (χ4n) is 4.22. The summed E-state index contributed by atoms with van der Waals surface area (Å²) in [5.74, 6) is -1.92. The van der Waals surface area contributed by atoms with Gasteiger partial charge < -0.3 is 9.80 Å². The molecule has 1 atom stereocenters. The van der Waals surface area contributed by atoms with Gasteiger partial charge in [0.25, 0.3) is 0 Å². The summed E-state index contributed by atoms with van der Waals surface area (Å²) < 4.78 is 13.6. The van der Waals surface area contributed by atoms with E-state index in [0.717, 1.165) is 41.8 Å². The van der Waals surface area contributed by atoms with E-state index in [2.05, 4.69) is 0 Å². The number of nitrogens with zero attached hydrogens (tertiary/aromatic N) is 3. The molecule has 7 nitrogen and oxygen atoms in total. The van der Waals surface area contributed by atoms with Crippen molar-refractivity contribution in [2.45, 2.75) is 26.2 Å². The second-order valence-corrected chi connectivity index (χ2v) is 7.47. The first kappa shape index (κ1) is 19.0. The lowest BCUT2D eigenvalue weighted by atomic mass is 9.96. The Morgan fingerprint density at radius 3 is 2.83 bits per heavy atom. The molecular formula is C21H20FN3O4. The van der Waals surface area contributed by atoms with Crippen LogP contribution in [0.4, 0.5) is 21.5 Å². The average Bonchev–Trinajstić information content (AvgIpc) is 3.09. The number of rotatable bonds is 3. The van der Waals surface area contributed by atoms with Crippen LogP contribution in [0, 0.1) is 28.8 Å². The van der Waals surface area contributed by atoms with E-state index >= 15 is 0 Å². The number of amides is 2. The number of hydrogen-bond acceptors (Lipinski definition) is 4. The molecule has 0 aliphatic carbocycles. The predicted octanol–water partition coefficient (Wildman–Crippen LogP) is 3.37. The maximum atomic E-state index is 13.6. The monoisotopic (exact) mass is 397 g/mol. The second-order valence-electron chi connectivity index (χ2n) is 7.47. The number of para-hydroxylation sites is 1. The normalized spacial score (nSPS) is 18.7. The molecule has 1 unspecified atom stereocenters. The zero-order valence-corrected chi connectivity index (χ0v) is 15.9. The highest BCUT2D eigenvalue weighted by Crippen LogP contribution is 2.35. The average molecular weight is 397 g/mol. The molecule has 2 amide bonds. The quantitative estimate of drug-likeness (QED) is 0.587. The number of benzene rings is 2. The molecular weight excluding hydrogens is 377 g/mol. The number of nitro groups is 1. The molecule has 2 heterocycles. The summed E-state index contributed by atoms with van der Waals surface area (Å²) in [6.07, 6.45) is 1.80. The van der Waals surface area contributed by atoms with Crippen LogP contribution in [0.2, 0.25) is 0 Å². The fourth-order valence-corrected chi connectivity index (χ4v) is 4.22. The first-order valence-electron chi connectivity index (χ1n) is 9.51. The molecule has 4 rings (SSSR count). The second kappa shape index (κ2) is 7.27. The number of aryl methyl sites for hydroxylation is 2. The van der Waals surface area contributed by atoms with E-state index in [9.17, 15) is 24.1 Å². The molecule has 0 radical (unpaired) electrons. The van der Waals surface area contributed by atoms with Crippen LogP contribution >= 0.6 is 0 Å². The Hall–Kier alpha value is -3.29. The summed E-state index contributed by atoms with van der Waals surface area (Å²) in [4.78, 5) is 39.1. The molecule has 0 bridgehead atoms. The van der Waals surface area contributed by atoms with Crippen molar-refractivity contribution in [3.05, 3.63) is 63.5 Å². The Balaban J connectivity index is 1.59. The van der Waals surface area contributed by atoms with Crippen molar-refractivity contribution < 1.29 is 18.9 Å². The van der Waals surface area contributed by atoms with Gasteiger partial charge in [-0.25, -0.2) is 0 Å². The van der Waals surface area contributed by atoms with Crippen molar-refractivity contribution in [1.82, 2.24) is 0 Å². The van der Waals surface area contributed by atoms with Gasteiger partial charge in [-0.1, -0.05) is 18.2 Å². The van der Waals surface area contributed by atoms with E-state index in [4.69, 9.17) is 0 Å². The Kier molecular flexibility index (Phi) is 4.77. The van der Waals surface area contributed by atoms with E-state index < -0.39 is 22.3 Å². The number of carbonyl (C=O) groups excluding carboxylic acids is 2. The minimum absolute atomic E-state index is 0.0295. The summed E-state index contributed by atoms with van der Waals surface area (Å²) in [5.41, 5.74) is 2.61. The molecule has 0 N–H and O–H groups in total.